The third-order valence-electron chi connectivity index (χ3n) is 8.98. The zero-order chi connectivity index (χ0) is 37.0. The first-order valence-corrected chi connectivity index (χ1v) is 17.2. The number of anilines is 2. The largest absolute Gasteiger partial charge is 0.506 e. The molecule has 6 heteroatoms. The molecular formula is C48H32N2O4. The molecule has 0 aliphatic heterocycles. The molecule has 0 aliphatic rings. The number of hydrogen-bond acceptors (Lipinski definition) is 6. The van der Waals surface area contributed by atoms with Crippen LogP contribution in [-0.4, -0.2) is 10.2 Å². The predicted molar refractivity (Wildman–Crippen MR) is 217 cm³/mol. The van der Waals surface area contributed by atoms with Gasteiger partial charge in [-0.3, -0.25) is 0 Å². The van der Waals surface area contributed by atoms with E-state index < -0.39 is 0 Å². The maximum absolute atomic E-state index is 10.2. The van der Waals surface area contributed by atoms with Crippen LogP contribution in [0.2, 0.25) is 0 Å². The fourth-order valence-electron chi connectivity index (χ4n) is 6.35. The van der Waals surface area contributed by atoms with E-state index in [0.717, 1.165) is 54.9 Å². The van der Waals surface area contributed by atoms with E-state index in [1.54, 1.807) is 24.3 Å². The molecule has 0 atom stereocenters. The summed E-state index contributed by atoms with van der Waals surface area (Å²) in [7, 11) is 0. The van der Waals surface area contributed by atoms with Gasteiger partial charge in [-0.05, 0) is 106 Å². The average Bonchev–Trinajstić information content (AvgIpc) is 3.20. The Labute approximate surface area is 312 Å². The molecule has 0 amide bonds. The lowest BCUT2D eigenvalue weighted by molar-refractivity contribution is 0.465. The second kappa shape index (κ2) is 14.4. The van der Waals surface area contributed by atoms with Gasteiger partial charge < -0.3 is 31.2 Å². The Morgan fingerprint density at radius 3 is 1.22 bits per heavy atom. The first kappa shape index (κ1) is 33.3. The van der Waals surface area contributed by atoms with Gasteiger partial charge in [0.25, 0.3) is 0 Å². The molecule has 258 valence electrons. The third kappa shape index (κ3) is 6.79. The molecule has 0 aliphatic carbocycles. The van der Waals surface area contributed by atoms with Crippen molar-refractivity contribution < 1.29 is 19.7 Å². The van der Waals surface area contributed by atoms with Crippen molar-refractivity contribution in [2.75, 3.05) is 11.5 Å². The van der Waals surface area contributed by atoms with Crippen LogP contribution in [0.25, 0.3) is 32.7 Å². The summed E-state index contributed by atoms with van der Waals surface area (Å²) in [4.78, 5) is 0. The van der Waals surface area contributed by atoms with Gasteiger partial charge in [-0.25, -0.2) is 0 Å². The lowest BCUT2D eigenvalue weighted by atomic mass is 9.89. The average molecular weight is 701 g/mol. The Balaban J connectivity index is 1.42. The topological polar surface area (TPSA) is 111 Å². The molecule has 6 nitrogen and oxygen atoms in total. The Kier molecular flexibility index (Phi) is 8.92. The number of hydrogen-bond donors (Lipinski definition) is 4. The van der Waals surface area contributed by atoms with Crippen LogP contribution in [0.3, 0.4) is 0 Å². The van der Waals surface area contributed by atoms with Crippen molar-refractivity contribution in [1.29, 1.82) is 0 Å². The molecule has 0 fully saturated rings. The summed E-state index contributed by atoms with van der Waals surface area (Å²) < 4.78 is 13.3. The number of rotatable bonds is 5. The minimum atomic E-state index is -0.0373. The smallest absolute Gasteiger partial charge is 0.138 e. The molecular weight excluding hydrogens is 669 g/mol. The summed E-state index contributed by atoms with van der Waals surface area (Å²) in [5.74, 6) is 15.2. The summed E-state index contributed by atoms with van der Waals surface area (Å²) in [5.41, 5.74) is 17.5. The molecule has 0 spiro atoms. The molecule has 8 aromatic carbocycles. The number of fused-ring (bicyclic) bond motifs is 2. The van der Waals surface area contributed by atoms with E-state index in [1.807, 2.05) is 121 Å². The fourth-order valence-corrected chi connectivity index (χ4v) is 6.35. The van der Waals surface area contributed by atoms with Crippen molar-refractivity contribution >= 4 is 32.9 Å². The molecule has 0 saturated heterocycles. The number of aromatic hydroxyl groups is 2. The van der Waals surface area contributed by atoms with Gasteiger partial charge in [-0.2, -0.15) is 0 Å². The van der Waals surface area contributed by atoms with Crippen LogP contribution in [0.5, 0.6) is 34.5 Å². The zero-order valence-corrected chi connectivity index (χ0v) is 28.9. The highest BCUT2D eigenvalue weighted by Crippen LogP contribution is 2.49. The van der Waals surface area contributed by atoms with Crippen molar-refractivity contribution in [3.05, 3.63) is 180 Å². The van der Waals surface area contributed by atoms with Crippen molar-refractivity contribution in [3.63, 3.8) is 0 Å². The van der Waals surface area contributed by atoms with Gasteiger partial charge >= 0.3 is 0 Å². The van der Waals surface area contributed by atoms with Gasteiger partial charge in [0.15, 0.2) is 0 Å². The Hall–Kier alpha value is -7.80. The quantitative estimate of drug-likeness (QED) is 0.0808. The third-order valence-corrected chi connectivity index (χ3v) is 8.98. The molecule has 0 bridgehead atoms. The molecule has 0 aromatic heterocycles. The number of nitrogens with two attached hydrogens (primary N) is 2. The van der Waals surface area contributed by atoms with Gasteiger partial charge in [-0.1, -0.05) is 84.3 Å². The van der Waals surface area contributed by atoms with Crippen LogP contribution in [0.1, 0.15) is 22.3 Å². The van der Waals surface area contributed by atoms with Crippen LogP contribution < -0.4 is 20.9 Å². The second-order valence-corrected chi connectivity index (χ2v) is 12.6. The molecule has 0 radical (unpaired) electrons. The van der Waals surface area contributed by atoms with E-state index in [0.29, 0.717) is 23.0 Å². The summed E-state index contributed by atoms with van der Waals surface area (Å²) >= 11 is 0. The molecule has 8 aromatic rings. The highest BCUT2D eigenvalue weighted by Gasteiger charge is 2.22. The number of ether oxygens (including phenoxy) is 2. The van der Waals surface area contributed by atoms with E-state index in [9.17, 15) is 10.2 Å². The van der Waals surface area contributed by atoms with Crippen LogP contribution in [-0.2, 0) is 0 Å². The summed E-state index contributed by atoms with van der Waals surface area (Å²) in [6.45, 7) is 0. The highest BCUT2D eigenvalue weighted by atomic mass is 16.5. The molecule has 0 heterocycles. The van der Waals surface area contributed by atoms with Crippen molar-refractivity contribution in [1.82, 2.24) is 0 Å². The standard InChI is InChI=1S/C48H32N2O4/c49-41-29-35(21-25-43(41)51)53-45-27-23-37-33(19-17-31-9-3-1-4-10-31)13-7-15-39(37)47(45)48-40-16-8-14-34(20-18-32-11-5-2-6-12-32)38(40)24-28-46(48)54-36-22-26-44(52)42(50)30-36/h1-16,21-30,51-52H,49-50H2. The van der Waals surface area contributed by atoms with Crippen LogP contribution in [0.4, 0.5) is 11.4 Å². The minimum Gasteiger partial charge on any atom is -0.506 e. The number of phenols is 2. The van der Waals surface area contributed by atoms with E-state index in [2.05, 4.69) is 23.7 Å². The van der Waals surface area contributed by atoms with Crippen molar-refractivity contribution in [2.45, 2.75) is 0 Å². The first-order chi connectivity index (χ1) is 26.4. The second-order valence-electron chi connectivity index (χ2n) is 12.6. The van der Waals surface area contributed by atoms with E-state index in [-0.39, 0.29) is 22.9 Å². The first-order valence-electron chi connectivity index (χ1n) is 17.2. The molecule has 0 saturated carbocycles. The number of benzene rings is 8. The Morgan fingerprint density at radius 2 is 0.815 bits per heavy atom. The Bertz CT molecular complexity index is 2630. The van der Waals surface area contributed by atoms with Gasteiger partial charge in [0, 0.05) is 45.5 Å². The lowest BCUT2D eigenvalue weighted by Crippen LogP contribution is -1.97. The van der Waals surface area contributed by atoms with Crippen LogP contribution >= 0.6 is 0 Å². The molecule has 6 N–H and O–H groups in total. The summed E-state index contributed by atoms with van der Waals surface area (Å²) in [6, 6.07) is 49.1. The zero-order valence-electron chi connectivity index (χ0n) is 28.9. The molecule has 8 rings (SSSR count). The molecule has 0 unspecified atom stereocenters. The van der Waals surface area contributed by atoms with Gasteiger partial charge in [0.2, 0.25) is 0 Å². The van der Waals surface area contributed by atoms with Crippen LogP contribution in [0.15, 0.2) is 158 Å². The van der Waals surface area contributed by atoms with Gasteiger partial charge in [-0.15, -0.1) is 0 Å². The minimum absolute atomic E-state index is 0.0373. The summed E-state index contributed by atoms with van der Waals surface area (Å²) in [5, 5.41) is 23.9. The molecule has 54 heavy (non-hydrogen) atoms. The monoisotopic (exact) mass is 700 g/mol. The van der Waals surface area contributed by atoms with E-state index >= 15 is 0 Å². The number of nitrogen functional groups attached to an aromatic ring is 2. The fraction of sp³-hybridized carbons (Fsp3) is 0. The van der Waals surface area contributed by atoms with E-state index in [4.69, 9.17) is 20.9 Å². The van der Waals surface area contributed by atoms with Crippen molar-refractivity contribution in [2.24, 2.45) is 0 Å². The maximum atomic E-state index is 10.2. The van der Waals surface area contributed by atoms with Crippen LogP contribution in [0, 0.1) is 23.7 Å². The van der Waals surface area contributed by atoms with Gasteiger partial charge in [0.1, 0.15) is 34.5 Å². The van der Waals surface area contributed by atoms with E-state index in [1.165, 1.54) is 12.1 Å². The predicted octanol–water partition coefficient (Wildman–Crippen LogP) is 10.6. The Morgan fingerprint density at radius 1 is 0.389 bits per heavy atom. The normalized spacial score (nSPS) is 10.6. The summed E-state index contributed by atoms with van der Waals surface area (Å²) in [6.07, 6.45) is 0. The number of phenolic OH excluding ortho intramolecular Hbond substituents is 2. The highest BCUT2D eigenvalue weighted by molar-refractivity contribution is 6.12. The van der Waals surface area contributed by atoms with Crippen molar-refractivity contribution in [3.8, 4) is 69.3 Å². The lowest BCUT2D eigenvalue weighted by Gasteiger charge is -2.20. The van der Waals surface area contributed by atoms with Gasteiger partial charge in [0.05, 0.1) is 11.4 Å². The SMILES string of the molecule is Nc1cc(Oc2ccc3c(C#Cc4ccccc4)cccc3c2-c2c(Oc3ccc(O)c(N)c3)ccc3c(C#Cc4ccccc4)cccc23)ccc1O. The maximum Gasteiger partial charge on any atom is 0.138 e.